The first-order valence-electron chi connectivity index (χ1n) is 9.46. The number of hydrogen-bond acceptors (Lipinski definition) is 4. The summed E-state index contributed by atoms with van der Waals surface area (Å²) in [6.07, 6.45) is 1.68. The number of rotatable bonds is 5. The molecule has 0 aliphatic heterocycles. The van der Waals surface area contributed by atoms with Gasteiger partial charge in [0.25, 0.3) is 0 Å². The molecule has 0 saturated heterocycles. The maximum Gasteiger partial charge on any atom is 0.213 e. The van der Waals surface area contributed by atoms with Crippen LogP contribution in [0, 0.1) is 13.8 Å². The fraction of sp³-hybridized carbons (Fsp3) is 0.208. The van der Waals surface area contributed by atoms with Gasteiger partial charge in [0.15, 0.2) is 23.8 Å². The smallest absolute Gasteiger partial charge is 0.213 e. The number of nitrogens with one attached hydrogen (secondary N) is 1. The zero-order chi connectivity index (χ0) is 20.4. The van der Waals surface area contributed by atoms with Crippen molar-refractivity contribution in [2.45, 2.75) is 20.4 Å². The van der Waals surface area contributed by atoms with Crippen LogP contribution in [-0.2, 0) is 6.54 Å². The van der Waals surface area contributed by atoms with Gasteiger partial charge in [0.1, 0.15) is 11.3 Å². The lowest BCUT2D eigenvalue weighted by Crippen LogP contribution is -2.75. The standard InChI is InChI=1S/C24H23NO4/c1-15-10-16(2)24-19(25-14-18-6-5-9-28-18)13-21(29-23(24)11-15)17-7-8-20(26-3)22(12-17)27-4/h5-13H,14H2,1-4H3/p+1. The highest BCUT2D eigenvalue weighted by Crippen LogP contribution is 2.33. The molecule has 0 saturated carbocycles. The quantitative estimate of drug-likeness (QED) is 0.567. The van der Waals surface area contributed by atoms with E-state index in [0.29, 0.717) is 18.0 Å². The first-order valence-corrected chi connectivity index (χ1v) is 9.46. The van der Waals surface area contributed by atoms with Crippen LogP contribution in [0.4, 0.5) is 0 Å². The highest BCUT2D eigenvalue weighted by atomic mass is 16.5. The van der Waals surface area contributed by atoms with E-state index in [1.807, 2.05) is 36.4 Å². The first-order chi connectivity index (χ1) is 14.1. The minimum atomic E-state index is 0.588. The zero-order valence-corrected chi connectivity index (χ0v) is 17.0. The number of fused-ring (bicyclic) bond motifs is 1. The third-order valence-electron chi connectivity index (χ3n) is 4.91. The van der Waals surface area contributed by atoms with Crippen LogP contribution >= 0.6 is 0 Å². The van der Waals surface area contributed by atoms with Crippen molar-refractivity contribution in [2.24, 2.45) is 0 Å². The van der Waals surface area contributed by atoms with Gasteiger partial charge in [-0.2, -0.15) is 0 Å². The summed E-state index contributed by atoms with van der Waals surface area (Å²) in [5.41, 5.74) is 4.05. The van der Waals surface area contributed by atoms with Gasteiger partial charge in [-0.3, -0.25) is 0 Å². The van der Waals surface area contributed by atoms with Crippen LogP contribution in [0.3, 0.4) is 0 Å². The van der Waals surface area contributed by atoms with E-state index in [4.69, 9.17) is 18.3 Å². The third kappa shape index (κ3) is 3.76. The summed E-state index contributed by atoms with van der Waals surface area (Å²) >= 11 is 0. The zero-order valence-electron chi connectivity index (χ0n) is 17.0. The summed E-state index contributed by atoms with van der Waals surface area (Å²) in [5, 5.41) is 2.05. The van der Waals surface area contributed by atoms with Crippen LogP contribution in [-0.4, -0.2) is 14.2 Å². The topological polar surface area (TPSA) is 58.7 Å². The van der Waals surface area contributed by atoms with E-state index in [2.05, 4.69) is 31.0 Å². The molecule has 0 spiro atoms. The number of hydrogen-bond donors (Lipinski definition) is 1. The van der Waals surface area contributed by atoms with Gasteiger partial charge in [0.2, 0.25) is 5.36 Å². The summed E-state index contributed by atoms with van der Waals surface area (Å²) in [6.45, 7) is 4.75. The highest BCUT2D eigenvalue weighted by molar-refractivity contribution is 5.82. The Balaban J connectivity index is 1.93. The second-order valence-electron chi connectivity index (χ2n) is 6.98. The molecule has 2 heterocycles. The summed E-state index contributed by atoms with van der Waals surface area (Å²) in [6, 6.07) is 15.8. The van der Waals surface area contributed by atoms with Crippen LogP contribution in [0.2, 0.25) is 0 Å². The Morgan fingerprint density at radius 3 is 2.48 bits per heavy atom. The highest BCUT2D eigenvalue weighted by Gasteiger charge is 2.14. The number of benzene rings is 2. The molecule has 4 rings (SSSR count). The van der Waals surface area contributed by atoms with Crippen molar-refractivity contribution in [3.63, 3.8) is 0 Å². The number of aryl methyl sites for hydroxylation is 2. The summed E-state index contributed by atoms with van der Waals surface area (Å²) in [4.78, 5) is 3.50. The fourth-order valence-corrected chi connectivity index (χ4v) is 3.57. The van der Waals surface area contributed by atoms with Gasteiger partial charge < -0.3 is 18.3 Å². The summed E-state index contributed by atoms with van der Waals surface area (Å²) < 4.78 is 22.6. The Morgan fingerprint density at radius 2 is 1.76 bits per heavy atom. The van der Waals surface area contributed by atoms with Crippen molar-refractivity contribution >= 4 is 11.0 Å². The van der Waals surface area contributed by atoms with Gasteiger partial charge in [-0.15, -0.1) is 0 Å². The molecule has 0 fully saturated rings. The molecular formula is C24H24NO4+. The molecule has 0 bridgehead atoms. The average molecular weight is 390 g/mol. The number of methoxy groups -OCH3 is 2. The van der Waals surface area contributed by atoms with Crippen molar-refractivity contribution in [1.29, 1.82) is 0 Å². The molecule has 2 aromatic carbocycles. The van der Waals surface area contributed by atoms with Gasteiger partial charge >= 0.3 is 0 Å². The van der Waals surface area contributed by atoms with E-state index >= 15 is 0 Å². The molecule has 4 aromatic rings. The Labute approximate surface area is 169 Å². The molecule has 2 aromatic heterocycles. The van der Waals surface area contributed by atoms with E-state index in [9.17, 15) is 0 Å². The second-order valence-corrected chi connectivity index (χ2v) is 6.98. The minimum Gasteiger partial charge on any atom is -0.493 e. The maximum absolute atomic E-state index is 6.30. The monoisotopic (exact) mass is 390 g/mol. The van der Waals surface area contributed by atoms with E-state index in [-0.39, 0.29) is 0 Å². The van der Waals surface area contributed by atoms with Crippen LogP contribution in [0.1, 0.15) is 16.9 Å². The van der Waals surface area contributed by atoms with Gasteiger partial charge in [0.05, 0.1) is 31.9 Å². The number of ether oxygens (including phenoxy) is 2. The molecule has 0 aliphatic carbocycles. The van der Waals surface area contributed by atoms with E-state index < -0.39 is 0 Å². The van der Waals surface area contributed by atoms with Crippen LogP contribution < -0.4 is 19.8 Å². The van der Waals surface area contributed by atoms with Gasteiger partial charge in [-0.05, 0) is 61.4 Å². The van der Waals surface area contributed by atoms with Crippen molar-refractivity contribution < 1.29 is 23.3 Å². The van der Waals surface area contributed by atoms with Crippen molar-refractivity contribution in [2.75, 3.05) is 14.2 Å². The van der Waals surface area contributed by atoms with E-state index in [0.717, 1.165) is 44.5 Å². The van der Waals surface area contributed by atoms with Crippen LogP contribution in [0.5, 0.6) is 11.5 Å². The largest absolute Gasteiger partial charge is 0.493 e. The lowest BCUT2D eigenvalue weighted by molar-refractivity contribution is -0.519. The van der Waals surface area contributed by atoms with Crippen molar-refractivity contribution in [3.05, 3.63) is 77.0 Å². The SMILES string of the molecule is COc1ccc(-c2cc(=[NH+]Cc3ccco3)c3c(C)cc(C)cc3o2)cc1OC. The van der Waals surface area contributed by atoms with Crippen molar-refractivity contribution in [3.8, 4) is 22.8 Å². The molecule has 5 heteroatoms. The van der Waals surface area contributed by atoms with Gasteiger partial charge in [-0.25, -0.2) is 4.99 Å². The predicted octanol–water partition coefficient (Wildman–Crippen LogP) is 3.51. The second kappa shape index (κ2) is 7.87. The molecule has 1 N–H and O–H groups in total. The maximum atomic E-state index is 6.30. The average Bonchev–Trinajstić information content (AvgIpc) is 3.24. The van der Waals surface area contributed by atoms with Gasteiger partial charge in [-0.1, -0.05) is 6.07 Å². The van der Waals surface area contributed by atoms with Gasteiger partial charge in [0, 0.05) is 5.56 Å². The molecule has 0 radical (unpaired) electrons. The lowest BCUT2D eigenvalue weighted by atomic mass is 10.0. The van der Waals surface area contributed by atoms with Crippen LogP contribution in [0.25, 0.3) is 22.3 Å². The predicted molar refractivity (Wildman–Crippen MR) is 111 cm³/mol. The van der Waals surface area contributed by atoms with E-state index in [1.165, 1.54) is 0 Å². The third-order valence-corrected chi connectivity index (χ3v) is 4.91. The summed E-state index contributed by atoms with van der Waals surface area (Å²) in [7, 11) is 3.25. The molecular weight excluding hydrogens is 366 g/mol. The Bertz CT molecular complexity index is 1220. The summed E-state index contributed by atoms with van der Waals surface area (Å²) in [5.74, 6) is 2.95. The molecule has 5 nitrogen and oxygen atoms in total. The molecule has 0 atom stereocenters. The number of furan rings is 1. The Kier molecular flexibility index (Phi) is 5.12. The Hall–Kier alpha value is -3.47. The lowest BCUT2D eigenvalue weighted by Gasteiger charge is -2.10. The molecule has 29 heavy (non-hydrogen) atoms. The fourth-order valence-electron chi connectivity index (χ4n) is 3.57. The molecule has 0 aliphatic rings. The minimum absolute atomic E-state index is 0.588. The normalized spacial score (nSPS) is 11.8. The van der Waals surface area contributed by atoms with Crippen molar-refractivity contribution in [1.82, 2.24) is 0 Å². The van der Waals surface area contributed by atoms with Crippen LogP contribution in [0.15, 0.2) is 63.6 Å². The molecule has 148 valence electrons. The van der Waals surface area contributed by atoms with E-state index in [1.54, 1.807) is 20.5 Å². The molecule has 0 amide bonds. The Morgan fingerprint density at radius 1 is 0.931 bits per heavy atom. The first kappa shape index (κ1) is 18.9. The molecule has 0 unspecified atom stereocenters.